The van der Waals surface area contributed by atoms with E-state index in [4.69, 9.17) is 4.74 Å². The lowest BCUT2D eigenvalue weighted by molar-refractivity contribution is 0.171. The third kappa shape index (κ3) is 4.13. The van der Waals surface area contributed by atoms with Gasteiger partial charge in [-0.2, -0.15) is 9.37 Å². The summed E-state index contributed by atoms with van der Waals surface area (Å²) in [7, 11) is 1.33. The third-order valence-corrected chi connectivity index (χ3v) is 7.41. The monoisotopic (exact) mass is 497 g/mol. The molecular weight excluding hydrogens is 471 g/mol. The number of nitrogens with one attached hydrogen (secondary N) is 1. The number of anilines is 1. The van der Waals surface area contributed by atoms with Crippen LogP contribution in [-0.2, 0) is 0 Å². The molecule has 2 unspecified atom stereocenters. The van der Waals surface area contributed by atoms with Gasteiger partial charge in [0, 0.05) is 41.4 Å². The first kappa shape index (κ1) is 23.0. The number of halogens is 3. The van der Waals surface area contributed by atoms with Crippen molar-refractivity contribution in [3.8, 4) is 34.0 Å². The summed E-state index contributed by atoms with van der Waals surface area (Å²) in [5.41, 5.74) is 0.600. The second-order valence-corrected chi connectivity index (χ2v) is 9.76. The molecule has 1 aliphatic carbocycles. The zero-order valence-corrected chi connectivity index (χ0v) is 19.7. The smallest absolute Gasteiger partial charge is 0.216 e. The van der Waals surface area contributed by atoms with Crippen molar-refractivity contribution in [2.75, 3.05) is 12.0 Å². The van der Waals surface area contributed by atoms with Crippen LogP contribution in [0.25, 0.3) is 22.4 Å². The molecule has 2 aliphatic heterocycles. The van der Waals surface area contributed by atoms with Crippen LogP contribution in [-0.4, -0.2) is 57.5 Å². The van der Waals surface area contributed by atoms with Crippen LogP contribution in [0.2, 0.25) is 0 Å². The average Bonchev–Trinajstić information content (AvgIpc) is 3.63. The lowest BCUT2D eigenvalue weighted by atomic mass is 9.96. The predicted octanol–water partition coefficient (Wildman–Crippen LogP) is 4.40. The van der Waals surface area contributed by atoms with E-state index in [-0.39, 0.29) is 52.1 Å². The minimum Gasteiger partial charge on any atom is -0.507 e. The molecule has 1 aromatic carbocycles. The van der Waals surface area contributed by atoms with Crippen LogP contribution >= 0.6 is 0 Å². The Bertz CT molecular complexity index is 1290. The molecular formula is C26H26F3N5O2. The van der Waals surface area contributed by atoms with E-state index in [1.54, 1.807) is 6.20 Å². The van der Waals surface area contributed by atoms with Gasteiger partial charge in [-0.1, -0.05) is 0 Å². The van der Waals surface area contributed by atoms with Crippen LogP contribution in [0.1, 0.15) is 32.1 Å². The number of fused-ring (bicyclic) bond motifs is 2. The molecule has 7 nitrogen and oxygen atoms in total. The third-order valence-electron chi connectivity index (χ3n) is 7.41. The first-order valence-electron chi connectivity index (χ1n) is 12.2. The molecule has 0 spiro atoms. The topological polar surface area (TPSA) is 83.4 Å². The number of phenols is 1. The molecule has 0 amide bonds. The first-order valence-corrected chi connectivity index (χ1v) is 12.2. The maximum absolute atomic E-state index is 15.3. The SMILES string of the molecule is COc1cc(-c2cc(O)c(-c3cnc(N(C4CC4)C4C[C@H]5CC[C@H](N5)C4F)cn3)cc2F)cc(F)n1. The normalized spacial score (nSPS) is 25.1. The molecule has 2 bridgehead atoms. The maximum Gasteiger partial charge on any atom is 0.216 e. The van der Waals surface area contributed by atoms with E-state index < -0.39 is 17.9 Å². The number of pyridine rings is 1. The number of aromatic nitrogens is 3. The Morgan fingerprint density at radius 3 is 2.58 bits per heavy atom. The van der Waals surface area contributed by atoms with Gasteiger partial charge >= 0.3 is 0 Å². The number of piperidine rings is 1. The quantitative estimate of drug-likeness (QED) is 0.489. The van der Waals surface area contributed by atoms with Crippen molar-refractivity contribution in [2.45, 2.75) is 62.4 Å². The summed E-state index contributed by atoms with van der Waals surface area (Å²) in [6.07, 6.45) is 6.61. The molecule has 4 atom stereocenters. The van der Waals surface area contributed by atoms with Crippen LogP contribution < -0.4 is 15.0 Å². The number of methoxy groups -OCH3 is 1. The van der Waals surface area contributed by atoms with E-state index in [0.717, 1.165) is 44.2 Å². The van der Waals surface area contributed by atoms with Gasteiger partial charge in [0.2, 0.25) is 11.8 Å². The Morgan fingerprint density at radius 2 is 1.86 bits per heavy atom. The number of alkyl halides is 1. The van der Waals surface area contributed by atoms with E-state index in [0.29, 0.717) is 11.9 Å². The van der Waals surface area contributed by atoms with Gasteiger partial charge < -0.3 is 20.1 Å². The van der Waals surface area contributed by atoms with E-state index in [1.807, 2.05) is 0 Å². The van der Waals surface area contributed by atoms with Crippen LogP contribution in [0, 0.1) is 11.8 Å². The fourth-order valence-corrected chi connectivity index (χ4v) is 5.54. The molecule has 3 aromatic rings. The Kier molecular flexibility index (Phi) is 5.70. The summed E-state index contributed by atoms with van der Waals surface area (Å²) in [6, 6.07) is 5.00. The molecule has 188 valence electrons. The van der Waals surface area contributed by atoms with Crippen LogP contribution in [0.4, 0.5) is 19.0 Å². The van der Waals surface area contributed by atoms with Crippen LogP contribution in [0.15, 0.2) is 36.7 Å². The predicted molar refractivity (Wildman–Crippen MR) is 128 cm³/mol. The zero-order chi connectivity index (χ0) is 25.0. The Morgan fingerprint density at radius 1 is 1.03 bits per heavy atom. The Labute approximate surface area is 206 Å². The summed E-state index contributed by atoms with van der Waals surface area (Å²) in [6.45, 7) is 0. The highest BCUT2D eigenvalue weighted by molar-refractivity contribution is 5.75. The van der Waals surface area contributed by atoms with Gasteiger partial charge in [-0.25, -0.2) is 13.8 Å². The minimum atomic E-state index is -0.979. The van der Waals surface area contributed by atoms with Gasteiger partial charge in [-0.3, -0.25) is 4.98 Å². The van der Waals surface area contributed by atoms with Crippen molar-refractivity contribution in [2.24, 2.45) is 0 Å². The molecule has 36 heavy (non-hydrogen) atoms. The highest BCUT2D eigenvalue weighted by Crippen LogP contribution is 2.41. The molecule has 2 saturated heterocycles. The van der Waals surface area contributed by atoms with E-state index >= 15 is 8.78 Å². The van der Waals surface area contributed by atoms with Gasteiger partial charge in [0.15, 0.2) is 0 Å². The lowest BCUT2D eigenvalue weighted by Crippen LogP contribution is -2.57. The Hall–Kier alpha value is -3.40. The highest BCUT2D eigenvalue weighted by atomic mass is 19.1. The van der Waals surface area contributed by atoms with Gasteiger partial charge in [0.1, 0.15) is 23.6 Å². The molecule has 2 N–H and O–H groups in total. The van der Waals surface area contributed by atoms with Crippen LogP contribution in [0.3, 0.4) is 0 Å². The number of benzene rings is 1. The molecule has 10 heteroatoms. The lowest BCUT2D eigenvalue weighted by Gasteiger charge is -2.41. The first-order chi connectivity index (χ1) is 17.4. The van der Waals surface area contributed by atoms with Gasteiger partial charge in [-0.05, 0) is 49.8 Å². The van der Waals surface area contributed by atoms with Gasteiger partial charge in [-0.15, -0.1) is 0 Å². The summed E-state index contributed by atoms with van der Waals surface area (Å²) in [5.74, 6) is -1.15. The molecule has 1 saturated carbocycles. The fourth-order valence-electron chi connectivity index (χ4n) is 5.54. The minimum absolute atomic E-state index is 0.00476. The molecule has 0 radical (unpaired) electrons. The summed E-state index contributed by atoms with van der Waals surface area (Å²) in [4.78, 5) is 14.6. The fraction of sp³-hybridized carbons (Fsp3) is 0.423. The number of hydrogen-bond acceptors (Lipinski definition) is 7. The molecule has 4 heterocycles. The van der Waals surface area contributed by atoms with E-state index in [9.17, 15) is 9.50 Å². The van der Waals surface area contributed by atoms with Crippen molar-refractivity contribution < 1.29 is 23.0 Å². The van der Waals surface area contributed by atoms with Crippen molar-refractivity contribution in [1.82, 2.24) is 20.3 Å². The highest BCUT2D eigenvalue weighted by Gasteiger charge is 2.48. The van der Waals surface area contributed by atoms with Gasteiger partial charge in [0.05, 0.1) is 31.2 Å². The van der Waals surface area contributed by atoms with Crippen molar-refractivity contribution in [3.63, 3.8) is 0 Å². The molecule has 3 aliphatic rings. The summed E-state index contributed by atoms with van der Waals surface area (Å²) < 4.78 is 49.1. The van der Waals surface area contributed by atoms with Crippen molar-refractivity contribution >= 4 is 5.82 Å². The molecule has 6 rings (SSSR count). The van der Waals surface area contributed by atoms with Crippen LogP contribution in [0.5, 0.6) is 11.6 Å². The number of phenolic OH excluding ortho intramolecular Hbond substituents is 1. The second kappa shape index (κ2) is 8.92. The number of rotatable bonds is 6. The largest absolute Gasteiger partial charge is 0.507 e. The zero-order valence-electron chi connectivity index (χ0n) is 19.7. The van der Waals surface area contributed by atoms with Crippen molar-refractivity contribution in [1.29, 1.82) is 0 Å². The molecule has 2 aromatic heterocycles. The standard InChI is InChI=1S/C26H26F3N5O2/c1-36-25-7-13(6-23(28)33-25)16-10-22(35)17(9-18(16)27)20-11-31-24(12-30-20)34(15-3-4-15)21-8-14-2-5-19(32-14)26(21)29/h6-7,9-12,14-15,19,21,26,32,35H,2-5,8H2,1H3/t14-,19+,21?,26?/m1/s1. The van der Waals surface area contributed by atoms with Gasteiger partial charge in [0.25, 0.3) is 0 Å². The average molecular weight is 498 g/mol. The van der Waals surface area contributed by atoms with E-state index in [1.165, 1.54) is 25.4 Å². The second-order valence-electron chi connectivity index (χ2n) is 9.76. The number of hydrogen-bond donors (Lipinski definition) is 2. The molecule has 3 fully saturated rings. The van der Waals surface area contributed by atoms with E-state index in [2.05, 4.69) is 25.2 Å². The number of nitrogens with zero attached hydrogens (tertiary/aromatic N) is 4. The number of ether oxygens (including phenoxy) is 1. The van der Waals surface area contributed by atoms with Crippen molar-refractivity contribution in [3.05, 3.63) is 48.4 Å². The Balaban J connectivity index is 1.29. The number of aromatic hydroxyl groups is 1. The maximum atomic E-state index is 15.3. The summed E-state index contributed by atoms with van der Waals surface area (Å²) in [5, 5.41) is 14.0. The summed E-state index contributed by atoms with van der Waals surface area (Å²) >= 11 is 0.